The van der Waals surface area contributed by atoms with Gasteiger partial charge in [-0.25, -0.2) is 18.4 Å². The minimum absolute atomic E-state index is 0.115. The van der Waals surface area contributed by atoms with Crippen LogP contribution in [0.5, 0.6) is 0 Å². The summed E-state index contributed by atoms with van der Waals surface area (Å²) in [6, 6.07) is 8.57. The van der Waals surface area contributed by atoms with Crippen molar-refractivity contribution in [1.82, 2.24) is 19.6 Å². The van der Waals surface area contributed by atoms with Crippen molar-refractivity contribution < 1.29 is 32.7 Å². The fraction of sp³-hybridized carbons (Fsp3) is 0.519. The van der Waals surface area contributed by atoms with E-state index in [9.17, 15) is 23.2 Å². The minimum Gasteiger partial charge on any atom is -0.444 e. The first-order valence-electron chi connectivity index (χ1n) is 13.0. The van der Waals surface area contributed by atoms with E-state index in [1.807, 2.05) is 31.2 Å². The predicted molar refractivity (Wildman–Crippen MR) is 141 cm³/mol. The molecule has 2 N–H and O–H groups in total. The number of aryl methyl sites for hydroxylation is 1. The van der Waals surface area contributed by atoms with Gasteiger partial charge < -0.3 is 25.1 Å². The van der Waals surface area contributed by atoms with Crippen LogP contribution in [0.4, 0.5) is 13.6 Å². The van der Waals surface area contributed by atoms with Crippen LogP contribution in [-0.4, -0.2) is 75.2 Å². The maximum atomic E-state index is 13.7. The fourth-order valence-corrected chi connectivity index (χ4v) is 4.65. The van der Waals surface area contributed by atoms with Crippen molar-refractivity contribution in [3.63, 3.8) is 0 Å². The van der Waals surface area contributed by atoms with Gasteiger partial charge in [-0.2, -0.15) is 5.10 Å². The first kappa shape index (κ1) is 29.0. The Kier molecular flexibility index (Phi) is 8.13. The second-order valence-electron chi connectivity index (χ2n) is 11.0. The van der Waals surface area contributed by atoms with E-state index in [1.165, 1.54) is 9.80 Å². The SMILES string of the molecule is Cc1ccccc1C1(/C(N)=N/OC(=O)c2cc(C(F)F)n(CC(=O)N3CCN(C(=O)OC(C)(C)C)CC3)n2)CC1. The van der Waals surface area contributed by atoms with Crippen molar-refractivity contribution >= 4 is 23.8 Å². The van der Waals surface area contributed by atoms with E-state index >= 15 is 0 Å². The van der Waals surface area contributed by atoms with Crippen molar-refractivity contribution in [3.05, 3.63) is 52.8 Å². The first-order valence-corrected chi connectivity index (χ1v) is 13.0. The average Bonchev–Trinajstić information content (AvgIpc) is 3.59. The molecular weight excluding hydrogens is 526 g/mol. The van der Waals surface area contributed by atoms with E-state index in [0.29, 0.717) is 0 Å². The third-order valence-electron chi connectivity index (χ3n) is 6.94. The van der Waals surface area contributed by atoms with Crippen LogP contribution in [0.2, 0.25) is 0 Å². The van der Waals surface area contributed by atoms with E-state index in [0.717, 1.165) is 34.7 Å². The molecule has 216 valence electrons. The Morgan fingerprint density at radius 2 is 1.73 bits per heavy atom. The second-order valence-corrected chi connectivity index (χ2v) is 11.0. The number of carbonyl (C=O) groups excluding carboxylic acids is 3. The van der Waals surface area contributed by atoms with Gasteiger partial charge in [-0.1, -0.05) is 29.4 Å². The Labute approximate surface area is 230 Å². The minimum atomic E-state index is -2.99. The summed E-state index contributed by atoms with van der Waals surface area (Å²) < 4.78 is 33.6. The average molecular weight is 561 g/mol. The smallest absolute Gasteiger partial charge is 0.410 e. The van der Waals surface area contributed by atoms with Gasteiger partial charge in [0.1, 0.15) is 17.8 Å². The molecule has 2 aliphatic rings. The van der Waals surface area contributed by atoms with Crippen LogP contribution in [0.1, 0.15) is 67.3 Å². The summed E-state index contributed by atoms with van der Waals surface area (Å²) in [5.74, 6) is -1.43. The number of benzene rings is 1. The summed E-state index contributed by atoms with van der Waals surface area (Å²) >= 11 is 0. The molecule has 0 atom stereocenters. The standard InChI is InChI=1S/C27H34F2N6O5/c1-17-7-5-6-8-18(17)27(9-10-27)24(30)32-40-23(37)19-15-20(22(28)29)35(31-19)16-21(36)33-11-13-34(14-12-33)25(38)39-26(2,3)4/h5-8,15,22H,9-14,16H2,1-4H3,(H2,30,32). The zero-order valence-electron chi connectivity index (χ0n) is 23.0. The fourth-order valence-electron chi connectivity index (χ4n) is 4.65. The van der Waals surface area contributed by atoms with Crippen LogP contribution in [-0.2, 0) is 26.3 Å². The normalized spacial score (nSPS) is 17.1. The van der Waals surface area contributed by atoms with E-state index in [2.05, 4.69) is 10.3 Å². The van der Waals surface area contributed by atoms with Gasteiger partial charge in [0.15, 0.2) is 11.5 Å². The quantitative estimate of drug-likeness (QED) is 0.238. The summed E-state index contributed by atoms with van der Waals surface area (Å²) in [5, 5.41) is 7.70. The molecule has 0 radical (unpaired) electrons. The Morgan fingerprint density at radius 3 is 2.30 bits per heavy atom. The van der Waals surface area contributed by atoms with Crippen LogP contribution < -0.4 is 5.73 Å². The number of rotatable bonds is 7. The van der Waals surface area contributed by atoms with Crippen molar-refractivity contribution in [1.29, 1.82) is 0 Å². The lowest BCUT2D eigenvalue weighted by molar-refractivity contribution is -0.133. The summed E-state index contributed by atoms with van der Waals surface area (Å²) in [6.07, 6.45) is -1.99. The van der Waals surface area contributed by atoms with Crippen LogP contribution in [0.25, 0.3) is 0 Å². The van der Waals surface area contributed by atoms with Gasteiger partial charge in [0, 0.05) is 32.2 Å². The number of halogens is 2. The molecule has 1 saturated heterocycles. The molecule has 1 aliphatic heterocycles. The molecule has 0 unspecified atom stereocenters. The van der Waals surface area contributed by atoms with Gasteiger partial charge in [-0.3, -0.25) is 9.48 Å². The highest BCUT2D eigenvalue weighted by Gasteiger charge is 2.49. The highest BCUT2D eigenvalue weighted by molar-refractivity contribution is 5.95. The number of nitrogens with two attached hydrogens (primary N) is 1. The number of alkyl halides is 2. The van der Waals surface area contributed by atoms with E-state index in [1.54, 1.807) is 20.8 Å². The number of oxime groups is 1. The Hall–Kier alpha value is -4.03. The zero-order valence-corrected chi connectivity index (χ0v) is 23.0. The van der Waals surface area contributed by atoms with Gasteiger partial charge in [-0.15, -0.1) is 0 Å². The topological polar surface area (TPSA) is 132 Å². The Balaban J connectivity index is 1.39. The molecule has 2 amide bonds. The van der Waals surface area contributed by atoms with E-state index in [-0.39, 0.29) is 32.0 Å². The number of amides is 2. The number of nitrogens with zero attached hydrogens (tertiary/aromatic N) is 5. The van der Waals surface area contributed by atoms with Crippen LogP contribution >= 0.6 is 0 Å². The highest BCUT2D eigenvalue weighted by Crippen LogP contribution is 2.49. The molecule has 4 rings (SSSR count). The van der Waals surface area contributed by atoms with Crippen LogP contribution in [0, 0.1) is 6.92 Å². The molecule has 0 spiro atoms. The van der Waals surface area contributed by atoms with Crippen LogP contribution in [0.15, 0.2) is 35.5 Å². The number of amidine groups is 1. The second kappa shape index (κ2) is 11.2. The number of piperazine rings is 1. The molecular formula is C27H34F2N6O5. The number of aromatic nitrogens is 2. The maximum Gasteiger partial charge on any atom is 0.410 e. The third-order valence-corrected chi connectivity index (χ3v) is 6.94. The van der Waals surface area contributed by atoms with E-state index < -0.39 is 53.3 Å². The van der Waals surface area contributed by atoms with E-state index in [4.69, 9.17) is 15.3 Å². The zero-order chi connectivity index (χ0) is 29.2. The summed E-state index contributed by atoms with van der Waals surface area (Å²) in [6.45, 7) is 7.60. The van der Waals surface area contributed by atoms with Gasteiger partial charge in [0.2, 0.25) is 5.91 Å². The highest BCUT2D eigenvalue weighted by atomic mass is 19.3. The molecule has 2 fully saturated rings. The van der Waals surface area contributed by atoms with Crippen LogP contribution in [0.3, 0.4) is 0 Å². The van der Waals surface area contributed by atoms with Gasteiger partial charge >= 0.3 is 12.1 Å². The van der Waals surface area contributed by atoms with Gasteiger partial charge in [0.25, 0.3) is 6.43 Å². The van der Waals surface area contributed by atoms with Gasteiger partial charge in [0.05, 0.1) is 5.41 Å². The predicted octanol–water partition coefficient (Wildman–Crippen LogP) is 3.37. The maximum absolute atomic E-state index is 13.7. The Morgan fingerprint density at radius 1 is 1.10 bits per heavy atom. The molecule has 11 nitrogen and oxygen atoms in total. The largest absolute Gasteiger partial charge is 0.444 e. The number of ether oxygens (including phenoxy) is 1. The molecule has 2 aromatic rings. The first-order chi connectivity index (χ1) is 18.8. The van der Waals surface area contributed by atoms with Gasteiger partial charge in [-0.05, 0) is 51.7 Å². The molecule has 40 heavy (non-hydrogen) atoms. The molecule has 1 saturated carbocycles. The lowest BCUT2D eigenvalue weighted by atomic mass is 9.91. The molecule has 13 heteroatoms. The molecule has 1 aromatic heterocycles. The van der Waals surface area contributed by atoms with Crippen molar-refractivity contribution in [3.8, 4) is 0 Å². The summed E-state index contributed by atoms with van der Waals surface area (Å²) in [5.41, 5.74) is 5.99. The lowest BCUT2D eigenvalue weighted by Crippen LogP contribution is -2.52. The van der Waals surface area contributed by atoms with Crippen molar-refractivity contribution in [2.45, 2.75) is 64.5 Å². The Bertz CT molecular complexity index is 1310. The summed E-state index contributed by atoms with van der Waals surface area (Å²) in [4.78, 5) is 45.6. The number of carbonyl (C=O) groups is 3. The molecule has 1 aliphatic carbocycles. The third kappa shape index (κ3) is 6.40. The van der Waals surface area contributed by atoms with Crippen molar-refractivity contribution in [2.75, 3.05) is 26.2 Å². The lowest BCUT2D eigenvalue weighted by Gasteiger charge is -2.35. The number of hydrogen-bond donors (Lipinski definition) is 1. The van der Waals surface area contributed by atoms with Crippen molar-refractivity contribution in [2.24, 2.45) is 10.9 Å². The monoisotopic (exact) mass is 560 g/mol. The number of hydrogen-bond acceptors (Lipinski definition) is 7. The summed E-state index contributed by atoms with van der Waals surface area (Å²) in [7, 11) is 0. The molecule has 1 aromatic carbocycles. The molecule has 2 heterocycles. The molecule has 0 bridgehead atoms.